The quantitative estimate of drug-likeness (QED) is 0.102. The monoisotopic (exact) mass is 526 g/mol. The zero-order valence-corrected chi connectivity index (χ0v) is 21.1. The van der Waals surface area contributed by atoms with E-state index in [0.29, 0.717) is 17.8 Å². The van der Waals surface area contributed by atoms with E-state index in [2.05, 4.69) is 38.3 Å². The van der Waals surface area contributed by atoms with Crippen LogP contribution in [0.1, 0.15) is 34.0 Å². The van der Waals surface area contributed by atoms with Gasteiger partial charge in [0.25, 0.3) is 17.2 Å². The van der Waals surface area contributed by atoms with Crippen molar-refractivity contribution in [1.29, 1.82) is 5.39 Å². The van der Waals surface area contributed by atoms with E-state index in [-0.39, 0.29) is 18.0 Å². The van der Waals surface area contributed by atoms with Crippen LogP contribution in [0.5, 0.6) is 0 Å². The molecule has 0 aliphatic heterocycles. The molecule has 6 N–H and O–H groups in total. The molecule has 3 aromatic carbocycles. The van der Waals surface area contributed by atoms with Gasteiger partial charge in [0, 0.05) is 28.9 Å². The van der Waals surface area contributed by atoms with Gasteiger partial charge in [-0.2, -0.15) is 0 Å². The Morgan fingerprint density at radius 2 is 1.54 bits per heavy atom. The zero-order chi connectivity index (χ0) is 28.0. The minimum atomic E-state index is -1.20. The third-order valence-corrected chi connectivity index (χ3v) is 5.57. The summed E-state index contributed by atoms with van der Waals surface area (Å²) in [6.07, 6.45) is 0. The normalized spacial score (nSPS) is 11.5. The molecule has 2 atom stereocenters. The summed E-state index contributed by atoms with van der Waals surface area (Å²) in [7, 11) is 0. The van der Waals surface area contributed by atoms with E-state index in [1.54, 1.807) is 48.5 Å². The molecule has 198 valence electrons. The maximum atomic E-state index is 12.5. The average molecular weight is 527 g/mol. The summed E-state index contributed by atoms with van der Waals surface area (Å²) < 4.78 is 0. The molecule has 0 heterocycles. The number of amides is 3. The van der Waals surface area contributed by atoms with Crippen LogP contribution in [0, 0.1) is 17.2 Å². The maximum Gasteiger partial charge on any atom is 0.303 e. The molecule has 0 spiro atoms. The Morgan fingerprint density at radius 1 is 0.923 bits per heavy atom. The molecule has 0 saturated heterocycles. The van der Waals surface area contributed by atoms with Gasteiger partial charge in [-0.1, -0.05) is 42.2 Å². The predicted molar refractivity (Wildman–Crippen MR) is 145 cm³/mol. The zero-order valence-electron chi connectivity index (χ0n) is 21.1. The molecule has 0 radical (unpaired) electrons. The third kappa shape index (κ3) is 8.98. The highest BCUT2D eigenvalue weighted by Gasteiger charge is 2.30. The standard InChI is InChI=1S/C28H27N7O4/c1-19(33-35-29)26(28(38)34-39)32-27(37)23-13-9-20(10-14-23)7-8-21-11-15-24(16-12-21)31-25(36)18-30-17-22-5-3-2-4-6-22/h2-6,9-16,19,26,30,33H,17-18H2,1H3,(H3-,31,32,34,36,37,38,39)/p+1/t19-,26+/m1/s1. The molecule has 0 fully saturated rings. The average Bonchev–Trinajstić information content (AvgIpc) is 2.96. The lowest BCUT2D eigenvalue weighted by molar-refractivity contribution is -0.131. The molecule has 11 nitrogen and oxygen atoms in total. The number of benzene rings is 3. The Bertz CT molecular complexity index is 1380. The van der Waals surface area contributed by atoms with Crippen LogP contribution in [-0.2, 0) is 16.1 Å². The number of nitrogens with zero attached hydrogens (tertiary/aromatic N) is 2. The van der Waals surface area contributed by atoms with Crippen molar-refractivity contribution in [2.24, 2.45) is 0 Å². The molecular weight excluding hydrogens is 498 g/mol. The van der Waals surface area contributed by atoms with Crippen molar-refractivity contribution < 1.29 is 19.6 Å². The Hall–Kier alpha value is -5.23. The SMILES string of the molecule is C[C@@H](N[N+]#N)[C@H](NC(=O)c1ccc(C#Cc2ccc(NC(=O)CNCc3ccccc3)cc2)cc1)C(=O)NO. The summed E-state index contributed by atoms with van der Waals surface area (Å²) in [4.78, 5) is 36.6. The van der Waals surface area contributed by atoms with Gasteiger partial charge in [0.2, 0.25) is 5.91 Å². The van der Waals surface area contributed by atoms with Crippen LogP contribution in [0.2, 0.25) is 0 Å². The van der Waals surface area contributed by atoms with Gasteiger partial charge >= 0.3 is 5.08 Å². The highest BCUT2D eigenvalue weighted by atomic mass is 16.5. The minimum absolute atomic E-state index is 0.147. The number of anilines is 1. The number of hydroxylamine groups is 1. The van der Waals surface area contributed by atoms with E-state index >= 15 is 0 Å². The van der Waals surface area contributed by atoms with E-state index < -0.39 is 23.9 Å². The number of rotatable bonds is 10. The van der Waals surface area contributed by atoms with Gasteiger partial charge in [-0.25, -0.2) is 5.48 Å². The van der Waals surface area contributed by atoms with Crippen molar-refractivity contribution in [2.45, 2.75) is 25.6 Å². The predicted octanol–water partition coefficient (Wildman–Crippen LogP) is 2.16. The lowest BCUT2D eigenvalue weighted by Gasteiger charge is -2.18. The number of carbonyl (C=O) groups is 3. The van der Waals surface area contributed by atoms with Gasteiger partial charge in [-0.3, -0.25) is 19.6 Å². The Morgan fingerprint density at radius 3 is 2.13 bits per heavy atom. The van der Waals surface area contributed by atoms with Crippen molar-refractivity contribution in [1.82, 2.24) is 21.5 Å². The molecule has 0 aliphatic rings. The molecule has 3 amide bonds. The Kier molecular flexibility index (Phi) is 10.5. The van der Waals surface area contributed by atoms with Crippen LogP contribution in [0.4, 0.5) is 5.69 Å². The molecule has 0 aliphatic carbocycles. The van der Waals surface area contributed by atoms with Crippen LogP contribution in [0.25, 0.3) is 5.08 Å². The fourth-order valence-electron chi connectivity index (χ4n) is 3.48. The molecule has 0 unspecified atom stereocenters. The first-order valence-corrected chi connectivity index (χ1v) is 12.0. The molecular formula is C28H28N7O4+. The largest absolute Gasteiger partial charge is 0.338 e. The topological polar surface area (TPSA) is 160 Å². The lowest BCUT2D eigenvalue weighted by Crippen LogP contribution is -2.55. The lowest BCUT2D eigenvalue weighted by atomic mass is 10.1. The summed E-state index contributed by atoms with van der Waals surface area (Å²) in [6.45, 7) is 2.28. The summed E-state index contributed by atoms with van der Waals surface area (Å²) in [6, 6.07) is 21.4. The van der Waals surface area contributed by atoms with E-state index in [1.165, 1.54) is 12.4 Å². The summed E-state index contributed by atoms with van der Waals surface area (Å²) in [5, 5.41) is 28.7. The van der Waals surface area contributed by atoms with Crippen LogP contribution >= 0.6 is 0 Å². The van der Waals surface area contributed by atoms with Crippen molar-refractivity contribution >= 4 is 23.4 Å². The van der Waals surface area contributed by atoms with Crippen LogP contribution in [0.15, 0.2) is 78.9 Å². The first kappa shape index (κ1) is 28.3. The first-order valence-electron chi connectivity index (χ1n) is 12.0. The van der Waals surface area contributed by atoms with Crippen LogP contribution in [-0.4, -0.2) is 41.6 Å². The second-order valence-electron chi connectivity index (χ2n) is 8.49. The molecule has 11 heteroatoms. The molecule has 3 rings (SSSR count). The smallest absolute Gasteiger partial charge is 0.303 e. The molecule has 0 aromatic heterocycles. The summed E-state index contributed by atoms with van der Waals surface area (Å²) in [5.74, 6) is 4.45. The second kappa shape index (κ2) is 14.5. The molecule has 3 aromatic rings. The maximum absolute atomic E-state index is 12.5. The number of nitrogens with one attached hydrogen (secondary N) is 5. The summed E-state index contributed by atoms with van der Waals surface area (Å²) >= 11 is 0. The van der Waals surface area contributed by atoms with Gasteiger partial charge in [0.05, 0.1) is 6.54 Å². The number of hydrogen-bond donors (Lipinski definition) is 6. The van der Waals surface area contributed by atoms with E-state index in [4.69, 9.17) is 10.6 Å². The number of carbonyl (C=O) groups excluding carboxylic acids is 3. The highest BCUT2D eigenvalue weighted by molar-refractivity contribution is 5.97. The Labute approximate surface area is 225 Å². The molecule has 0 saturated carbocycles. The van der Waals surface area contributed by atoms with Crippen LogP contribution in [0.3, 0.4) is 0 Å². The second-order valence-corrected chi connectivity index (χ2v) is 8.49. The fraction of sp³-hybridized carbons (Fsp3) is 0.179. The minimum Gasteiger partial charge on any atom is -0.338 e. The van der Waals surface area contributed by atoms with Crippen molar-refractivity contribution in [2.75, 3.05) is 11.9 Å². The van der Waals surface area contributed by atoms with E-state index in [0.717, 1.165) is 11.1 Å². The van der Waals surface area contributed by atoms with Gasteiger partial charge in [0.15, 0.2) is 0 Å². The summed E-state index contributed by atoms with van der Waals surface area (Å²) in [5.41, 5.74) is 7.14. The number of hydrogen-bond acceptors (Lipinski definition) is 7. The van der Waals surface area contributed by atoms with Gasteiger partial charge in [-0.05, 0) is 66.4 Å². The van der Waals surface area contributed by atoms with Gasteiger partial charge in [-0.15, -0.1) is 0 Å². The highest BCUT2D eigenvalue weighted by Crippen LogP contribution is 2.10. The third-order valence-electron chi connectivity index (χ3n) is 5.57. The van der Waals surface area contributed by atoms with Gasteiger partial charge in [0.1, 0.15) is 12.1 Å². The molecule has 0 bridgehead atoms. The van der Waals surface area contributed by atoms with Gasteiger partial charge < -0.3 is 16.0 Å². The fourth-order valence-corrected chi connectivity index (χ4v) is 3.48. The van der Waals surface area contributed by atoms with E-state index in [1.807, 2.05) is 30.3 Å². The van der Waals surface area contributed by atoms with Crippen molar-refractivity contribution in [3.63, 3.8) is 0 Å². The first-order chi connectivity index (χ1) is 18.9. The van der Waals surface area contributed by atoms with Crippen molar-refractivity contribution in [3.8, 4) is 11.8 Å². The van der Waals surface area contributed by atoms with Crippen molar-refractivity contribution in [3.05, 3.63) is 106 Å². The van der Waals surface area contributed by atoms with Crippen LogP contribution < -0.4 is 26.9 Å². The molecule has 39 heavy (non-hydrogen) atoms. The Balaban J connectivity index is 1.52. The number of diazo groups is 1. The van der Waals surface area contributed by atoms with E-state index in [9.17, 15) is 14.4 Å².